The van der Waals surface area contributed by atoms with E-state index >= 15 is 0 Å². The highest BCUT2D eigenvalue weighted by Gasteiger charge is 2.16. The quantitative estimate of drug-likeness (QED) is 0.560. The Balaban J connectivity index is 2.36. The maximum Gasteiger partial charge on any atom is 0.195 e. The Bertz CT molecular complexity index is 312. The Morgan fingerprint density at radius 3 is 3.08 bits per heavy atom. The molecule has 0 spiro atoms. The maximum atomic E-state index is 9.35. The van der Waals surface area contributed by atoms with Crippen LogP contribution in [0.5, 0.6) is 0 Å². The van der Waals surface area contributed by atoms with Crippen LogP contribution in [0.4, 0.5) is 0 Å². The molecule has 12 heavy (non-hydrogen) atoms. The number of aliphatic hydroxyl groups excluding tert-OH is 2. The fourth-order valence-corrected chi connectivity index (χ4v) is 1.23. The second-order valence-corrected chi connectivity index (χ2v) is 2.68. The van der Waals surface area contributed by atoms with E-state index in [1.54, 1.807) is 35.4 Å². The minimum atomic E-state index is -0.549. The molecule has 0 amide bonds. The molecule has 0 aromatic carbocycles. The summed E-state index contributed by atoms with van der Waals surface area (Å²) >= 11 is 0. The first-order chi connectivity index (χ1) is 5.77. The molecule has 2 heterocycles. The summed E-state index contributed by atoms with van der Waals surface area (Å²) in [5, 5.41) is 18.6. The lowest BCUT2D eigenvalue weighted by atomic mass is 10.1. The van der Waals surface area contributed by atoms with Crippen LogP contribution in [0, 0.1) is 0 Å². The average molecular weight is 163 g/mol. The van der Waals surface area contributed by atoms with E-state index in [0.717, 1.165) is 5.70 Å². The van der Waals surface area contributed by atoms with Gasteiger partial charge in [0, 0.05) is 11.9 Å². The molecular weight excluding hydrogens is 154 g/mol. The van der Waals surface area contributed by atoms with Crippen LogP contribution in [0.3, 0.4) is 0 Å². The van der Waals surface area contributed by atoms with Crippen molar-refractivity contribution in [2.45, 2.75) is 6.10 Å². The normalized spacial score (nSPS) is 26.4. The molecule has 3 nitrogen and oxygen atoms in total. The van der Waals surface area contributed by atoms with Crippen molar-refractivity contribution in [2.24, 2.45) is 0 Å². The van der Waals surface area contributed by atoms with Crippen LogP contribution in [0.1, 0.15) is 0 Å². The van der Waals surface area contributed by atoms with Crippen LogP contribution in [-0.4, -0.2) is 21.2 Å². The molecule has 0 saturated heterocycles. The number of fused-ring (bicyclic) bond motifs is 1. The number of hydrogen-bond donors (Lipinski definition) is 2. The third-order valence-electron chi connectivity index (χ3n) is 1.81. The van der Waals surface area contributed by atoms with E-state index in [4.69, 9.17) is 0 Å². The van der Waals surface area contributed by atoms with Gasteiger partial charge in [-0.05, 0) is 24.3 Å². The van der Waals surface area contributed by atoms with Crippen LogP contribution in [0.15, 0.2) is 48.2 Å². The van der Waals surface area contributed by atoms with Gasteiger partial charge in [-0.1, -0.05) is 6.08 Å². The summed E-state index contributed by atoms with van der Waals surface area (Å²) in [4.78, 5) is 1.60. The van der Waals surface area contributed by atoms with Gasteiger partial charge in [0.15, 0.2) is 5.88 Å². The molecule has 0 radical (unpaired) electrons. The van der Waals surface area contributed by atoms with Crippen molar-refractivity contribution in [3.63, 3.8) is 0 Å². The van der Waals surface area contributed by atoms with Crippen LogP contribution >= 0.6 is 0 Å². The lowest BCUT2D eigenvalue weighted by Gasteiger charge is -2.26. The Hall–Kier alpha value is -1.48. The summed E-state index contributed by atoms with van der Waals surface area (Å²) in [6, 6.07) is 0. The van der Waals surface area contributed by atoms with Crippen molar-refractivity contribution in [3.8, 4) is 0 Å². The van der Waals surface area contributed by atoms with Crippen molar-refractivity contribution in [1.82, 2.24) is 4.90 Å². The Morgan fingerprint density at radius 2 is 2.25 bits per heavy atom. The van der Waals surface area contributed by atoms with E-state index in [2.05, 4.69) is 0 Å². The molecule has 1 unspecified atom stereocenters. The highest BCUT2D eigenvalue weighted by Crippen LogP contribution is 2.21. The Labute approximate surface area is 70.2 Å². The SMILES string of the molecule is OC1=CC=CC2=CC(O)C=CN12. The van der Waals surface area contributed by atoms with E-state index in [0.29, 0.717) is 0 Å². The molecule has 0 saturated carbocycles. The number of allylic oxidation sites excluding steroid dienone is 3. The number of nitrogens with zero attached hydrogens (tertiary/aromatic N) is 1. The van der Waals surface area contributed by atoms with Crippen molar-refractivity contribution < 1.29 is 10.2 Å². The minimum Gasteiger partial charge on any atom is -0.494 e. The molecular formula is C9H9NO2. The van der Waals surface area contributed by atoms with Gasteiger partial charge in [-0.15, -0.1) is 0 Å². The van der Waals surface area contributed by atoms with E-state index in [9.17, 15) is 10.2 Å². The number of rotatable bonds is 0. The first-order valence-electron chi connectivity index (χ1n) is 3.72. The first-order valence-corrected chi connectivity index (χ1v) is 3.72. The van der Waals surface area contributed by atoms with Crippen molar-refractivity contribution in [1.29, 1.82) is 0 Å². The van der Waals surface area contributed by atoms with E-state index in [1.807, 2.05) is 6.08 Å². The van der Waals surface area contributed by atoms with Gasteiger partial charge in [-0.25, -0.2) is 0 Å². The summed E-state index contributed by atoms with van der Waals surface area (Å²) in [6.45, 7) is 0. The fourth-order valence-electron chi connectivity index (χ4n) is 1.23. The Morgan fingerprint density at radius 1 is 1.42 bits per heavy atom. The summed E-state index contributed by atoms with van der Waals surface area (Å²) in [7, 11) is 0. The second kappa shape index (κ2) is 2.53. The zero-order valence-electron chi connectivity index (χ0n) is 6.38. The standard InChI is InChI=1S/C9H9NO2/c11-8-4-5-10-7(6-8)2-1-3-9(10)12/h1-6,8,11-12H. The second-order valence-electron chi connectivity index (χ2n) is 2.68. The van der Waals surface area contributed by atoms with Gasteiger partial charge in [-0.2, -0.15) is 0 Å². The molecule has 0 fully saturated rings. The zero-order valence-corrected chi connectivity index (χ0v) is 6.38. The van der Waals surface area contributed by atoms with E-state index < -0.39 is 6.10 Å². The average Bonchev–Trinajstić information content (AvgIpc) is 2.04. The van der Waals surface area contributed by atoms with E-state index in [-0.39, 0.29) is 5.88 Å². The number of aliphatic hydroxyl groups is 2. The summed E-state index contributed by atoms with van der Waals surface area (Å²) in [5.41, 5.74) is 0.796. The minimum absolute atomic E-state index is 0.173. The molecule has 2 aliphatic rings. The molecule has 1 atom stereocenters. The van der Waals surface area contributed by atoms with Crippen LogP contribution < -0.4 is 0 Å². The van der Waals surface area contributed by atoms with Gasteiger partial charge in [0.05, 0.1) is 6.10 Å². The monoisotopic (exact) mass is 163 g/mol. The zero-order chi connectivity index (χ0) is 8.55. The summed E-state index contributed by atoms with van der Waals surface area (Å²) in [5.74, 6) is 0.173. The lowest BCUT2D eigenvalue weighted by molar-refractivity contribution is 0.245. The molecule has 0 aromatic heterocycles. The topological polar surface area (TPSA) is 43.7 Å². The van der Waals surface area contributed by atoms with Crippen LogP contribution in [-0.2, 0) is 0 Å². The molecule has 2 N–H and O–H groups in total. The van der Waals surface area contributed by atoms with Gasteiger partial charge in [-0.3, -0.25) is 4.90 Å². The molecule has 0 aromatic rings. The fraction of sp³-hybridized carbons (Fsp3) is 0.111. The van der Waals surface area contributed by atoms with Gasteiger partial charge in [0.1, 0.15) is 0 Å². The van der Waals surface area contributed by atoms with Gasteiger partial charge < -0.3 is 10.2 Å². The van der Waals surface area contributed by atoms with E-state index in [1.165, 1.54) is 0 Å². The van der Waals surface area contributed by atoms with Crippen molar-refractivity contribution >= 4 is 0 Å². The van der Waals surface area contributed by atoms with Crippen LogP contribution in [0.25, 0.3) is 0 Å². The molecule has 3 heteroatoms. The largest absolute Gasteiger partial charge is 0.494 e. The first kappa shape index (κ1) is 7.18. The summed E-state index contributed by atoms with van der Waals surface area (Å²) in [6.07, 6.45) is 9.53. The van der Waals surface area contributed by atoms with Gasteiger partial charge in [0.2, 0.25) is 0 Å². The Kier molecular flexibility index (Phi) is 1.52. The van der Waals surface area contributed by atoms with Crippen molar-refractivity contribution in [2.75, 3.05) is 0 Å². The molecule has 2 rings (SSSR count). The number of hydrogen-bond acceptors (Lipinski definition) is 3. The van der Waals surface area contributed by atoms with Gasteiger partial charge >= 0.3 is 0 Å². The molecule has 2 aliphatic heterocycles. The third kappa shape index (κ3) is 1.04. The lowest BCUT2D eigenvalue weighted by Crippen LogP contribution is -2.22. The third-order valence-corrected chi connectivity index (χ3v) is 1.81. The predicted molar refractivity (Wildman–Crippen MR) is 44.9 cm³/mol. The highest BCUT2D eigenvalue weighted by atomic mass is 16.3. The summed E-state index contributed by atoms with van der Waals surface area (Å²) < 4.78 is 0. The van der Waals surface area contributed by atoms with Crippen LogP contribution in [0.2, 0.25) is 0 Å². The molecule has 62 valence electrons. The smallest absolute Gasteiger partial charge is 0.195 e. The molecule has 0 aliphatic carbocycles. The highest BCUT2D eigenvalue weighted by molar-refractivity contribution is 5.35. The maximum absolute atomic E-state index is 9.35. The molecule has 0 bridgehead atoms. The van der Waals surface area contributed by atoms with Gasteiger partial charge in [0.25, 0.3) is 0 Å². The van der Waals surface area contributed by atoms with Crippen molar-refractivity contribution in [3.05, 3.63) is 48.2 Å². The predicted octanol–water partition coefficient (Wildman–Crippen LogP) is 1.03.